The fourth-order valence-electron chi connectivity index (χ4n) is 0.869. The van der Waals surface area contributed by atoms with Crippen molar-refractivity contribution in [1.29, 1.82) is 0 Å². The Labute approximate surface area is 72.3 Å². The van der Waals surface area contributed by atoms with Crippen LogP contribution in [0.25, 0.3) is 0 Å². The van der Waals surface area contributed by atoms with E-state index in [-0.39, 0.29) is 0 Å². The van der Waals surface area contributed by atoms with Crippen LogP contribution in [0.3, 0.4) is 0 Å². The van der Waals surface area contributed by atoms with E-state index in [0.717, 1.165) is 25.3 Å². The molecule has 0 aliphatic heterocycles. The predicted molar refractivity (Wildman–Crippen MR) is 47.5 cm³/mol. The van der Waals surface area contributed by atoms with Gasteiger partial charge >= 0.3 is 0 Å². The highest BCUT2D eigenvalue weighted by Gasteiger charge is 1.95. The van der Waals surface area contributed by atoms with Gasteiger partial charge in [0, 0.05) is 7.05 Å². The van der Waals surface area contributed by atoms with Crippen LogP contribution in [0, 0.1) is 0 Å². The first kappa shape index (κ1) is 8.93. The number of aromatic nitrogens is 3. The summed E-state index contributed by atoms with van der Waals surface area (Å²) in [5.41, 5.74) is 0. The Bertz CT molecular complexity index is 241. The molecule has 0 saturated carbocycles. The zero-order valence-electron chi connectivity index (χ0n) is 7.32. The molecule has 1 N–H and O–H groups in total. The van der Waals surface area contributed by atoms with Crippen molar-refractivity contribution in [3.05, 3.63) is 24.8 Å². The lowest BCUT2D eigenvalue weighted by Crippen LogP contribution is -2.15. The lowest BCUT2D eigenvalue weighted by molar-refractivity contribution is 0.653. The first-order valence-corrected chi connectivity index (χ1v) is 3.99. The summed E-state index contributed by atoms with van der Waals surface area (Å²) in [7, 11) is 1.86. The van der Waals surface area contributed by atoms with Crippen LogP contribution in [0.5, 0.6) is 0 Å². The molecular formula is C8H14N4. The van der Waals surface area contributed by atoms with Crippen molar-refractivity contribution in [1.82, 2.24) is 20.1 Å². The van der Waals surface area contributed by atoms with Gasteiger partial charge in [0.2, 0.25) is 0 Å². The molecule has 0 aromatic carbocycles. The van der Waals surface area contributed by atoms with Crippen LogP contribution in [0.1, 0.15) is 12.2 Å². The molecule has 0 saturated heterocycles. The van der Waals surface area contributed by atoms with E-state index in [9.17, 15) is 0 Å². The quantitative estimate of drug-likeness (QED) is 0.511. The summed E-state index contributed by atoms with van der Waals surface area (Å²) >= 11 is 0. The van der Waals surface area contributed by atoms with Gasteiger partial charge in [0.05, 0.1) is 6.54 Å². The molecule has 0 atom stereocenters. The molecular weight excluding hydrogens is 152 g/mol. The molecule has 1 aromatic rings. The van der Waals surface area contributed by atoms with Crippen LogP contribution in [-0.2, 0) is 13.6 Å². The fourth-order valence-corrected chi connectivity index (χ4v) is 0.869. The summed E-state index contributed by atoms with van der Waals surface area (Å²) in [6.45, 7) is 5.30. The Kier molecular flexibility index (Phi) is 3.47. The molecule has 12 heavy (non-hydrogen) atoms. The lowest BCUT2D eigenvalue weighted by atomic mass is 10.4. The molecule has 0 amide bonds. The van der Waals surface area contributed by atoms with Gasteiger partial charge in [-0.05, 0) is 13.0 Å². The average molecular weight is 166 g/mol. The van der Waals surface area contributed by atoms with Crippen LogP contribution in [0.4, 0.5) is 0 Å². The maximum Gasteiger partial charge on any atom is 0.164 e. The third kappa shape index (κ3) is 2.84. The van der Waals surface area contributed by atoms with Gasteiger partial charge in [-0.15, -0.1) is 6.58 Å². The van der Waals surface area contributed by atoms with Crippen molar-refractivity contribution in [2.45, 2.75) is 13.0 Å². The Morgan fingerprint density at radius 2 is 2.58 bits per heavy atom. The minimum atomic E-state index is 0.731. The summed E-state index contributed by atoms with van der Waals surface area (Å²) in [5.74, 6) is 0.835. The molecule has 0 bridgehead atoms. The largest absolute Gasteiger partial charge is 0.309 e. The maximum atomic E-state index is 4.13. The highest BCUT2D eigenvalue weighted by atomic mass is 15.3. The molecule has 0 aliphatic carbocycles. The van der Waals surface area contributed by atoms with Crippen LogP contribution < -0.4 is 5.32 Å². The number of aryl methyl sites for hydroxylation is 1. The van der Waals surface area contributed by atoms with Crippen molar-refractivity contribution in [3.63, 3.8) is 0 Å². The fraction of sp³-hybridized carbons (Fsp3) is 0.500. The first-order valence-electron chi connectivity index (χ1n) is 3.99. The highest BCUT2D eigenvalue weighted by Crippen LogP contribution is 1.86. The maximum absolute atomic E-state index is 4.13. The van der Waals surface area contributed by atoms with E-state index in [1.807, 2.05) is 13.1 Å². The lowest BCUT2D eigenvalue weighted by Gasteiger charge is -1.97. The van der Waals surface area contributed by atoms with E-state index >= 15 is 0 Å². The van der Waals surface area contributed by atoms with E-state index in [1.165, 1.54) is 0 Å². The third-order valence-electron chi connectivity index (χ3n) is 1.46. The van der Waals surface area contributed by atoms with E-state index in [4.69, 9.17) is 0 Å². The number of hydrogen-bond donors (Lipinski definition) is 1. The molecule has 1 heterocycles. The molecule has 0 spiro atoms. The molecule has 0 unspecified atom stereocenters. The first-order chi connectivity index (χ1) is 5.83. The van der Waals surface area contributed by atoms with Gasteiger partial charge in [0.1, 0.15) is 6.33 Å². The number of nitrogens with one attached hydrogen (secondary N) is 1. The standard InChI is InChI=1S/C8H14N4/c1-3-4-5-9-6-8-10-7-12(2)11-8/h3,7,9H,1,4-6H2,2H3. The van der Waals surface area contributed by atoms with Crippen molar-refractivity contribution < 1.29 is 0 Å². The van der Waals surface area contributed by atoms with Crippen molar-refractivity contribution in [2.24, 2.45) is 7.05 Å². The van der Waals surface area contributed by atoms with E-state index < -0.39 is 0 Å². The van der Waals surface area contributed by atoms with Crippen LogP contribution in [0.15, 0.2) is 19.0 Å². The number of rotatable bonds is 5. The topological polar surface area (TPSA) is 42.7 Å². The highest BCUT2D eigenvalue weighted by molar-refractivity contribution is 4.80. The van der Waals surface area contributed by atoms with Gasteiger partial charge < -0.3 is 5.32 Å². The monoisotopic (exact) mass is 166 g/mol. The van der Waals surface area contributed by atoms with Crippen molar-refractivity contribution >= 4 is 0 Å². The van der Waals surface area contributed by atoms with E-state index in [2.05, 4.69) is 22.0 Å². The normalized spacial score (nSPS) is 10.1. The van der Waals surface area contributed by atoms with Crippen molar-refractivity contribution in [2.75, 3.05) is 6.54 Å². The Morgan fingerprint density at radius 3 is 3.17 bits per heavy atom. The van der Waals surface area contributed by atoms with Crippen LogP contribution in [-0.4, -0.2) is 21.3 Å². The Hall–Kier alpha value is -1.16. The second kappa shape index (κ2) is 4.66. The minimum Gasteiger partial charge on any atom is -0.309 e. The smallest absolute Gasteiger partial charge is 0.164 e. The second-order valence-corrected chi connectivity index (χ2v) is 2.59. The molecule has 0 aliphatic rings. The molecule has 0 fully saturated rings. The molecule has 4 nitrogen and oxygen atoms in total. The summed E-state index contributed by atoms with van der Waals surface area (Å²) in [5, 5.41) is 7.33. The minimum absolute atomic E-state index is 0.731. The van der Waals surface area contributed by atoms with Gasteiger partial charge in [-0.25, -0.2) is 4.98 Å². The Morgan fingerprint density at radius 1 is 1.75 bits per heavy atom. The van der Waals surface area contributed by atoms with Crippen LogP contribution in [0.2, 0.25) is 0 Å². The van der Waals surface area contributed by atoms with Crippen LogP contribution >= 0.6 is 0 Å². The van der Waals surface area contributed by atoms with Gasteiger partial charge in [-0.2, -0.15) is 5.10 Å². The van der Waals surface area contributed by atoms with Gasteiger partial charge in [-0.3, -0.25) is 4.68 Å². The predicted octanol–water partition coefficient (Wildman–Crippen LogP) is 0.481. The molecule has 4 heteroatoms. The molecule has 66 valence electrons. The van der Waals surface area contributed by atoms with E-state index in [1.54, 1.807) is 11.0 Å². The zero-order valence-corrected chi connectivity index (χ0v) is 7.32. The summed E-state index contributed by atoms with van der Waals surface area (Å²) in [6, 6.07) is 0. The van der Waals surface area contributed by atoms with Gasteiger partial charge in [0.25, 0.3) is 0 Å². The SMILES string of the molecule is C=CCCNCc1ncn(C)n1. The summed E-state index contributed by atoms with van der Waals surface area (Å²) in [4.78, 5) is 4.08. The zero-order chi connectivity index (χ0) is 8.81. The third-order valence-corrected chi connectivity index (χ3v) is 1.46. The van der Waals surface area contributed by atoms with Gasteiger partial charge in [-0.1, -0.05) is 6.08 Å². The molecule has 1 aromatic heterocycles. The second-order valence-electron chi connectivity index (χ2n) is 2.59. The molecule has 1 rings (SSSR count). The van der Waals surface area contributed by atoms with E-state index in [0.29, 0.717) is 0 Å². The summed E-state index contributed by atoms with van der Waals surface area (Å²) in [6.07, 6.45) is 4.57. The van der Waals surface area contributed by atoms with Crippen molar-refractivity contribution in [3.8, 4) is 0 Å². The number of nitrogens with zero attached hydrogens (tertiary/aromatic N) is 3. The van der Waals surface area contributed by atoms with Gasteiger partial charge in [0.15, 0.2) is 5.82 Å². The summed E-state index contributed by atoms with van der Waals surface area (Å²) < 4.78 is 1.70. The number of hydrogen-bond acceptors (Lipinski definition) is 3. The molecule has 0 radical (unpaired) electrons. The average Bonchev–Trinajstić information content (AvgIpc) is 2.45. The Balaban J connectivity index is 2.19.